The van der Waals surface area contributed by atoms with E-state index in [-0.39, 0.29) is 23.9 Å². The van der Waals surface area contributed by atoms with Crippen LogP contribution in [0.4, 0.5) is 0 Å². The second-order valence-electron chi connectivity index (χ2n) is 6.53. The molecule has 0 bridgehead atoms. The van der Waals surface area contributed by atoms with Gasteiger partial charge in [0, 0.05) is 18.4 Å². The predicted molar refractivity (Wildman–Crippen MR) is 101 cm³/mol. The van der Waals surface area contributed by atoms with E-state index in [1.54, 1.807) is 0 Å². The fourth-order valence-electron chi connectivity index (χ4n) is 2.38. The van der Waals surface area contributed by atoms with Crippen LogP contribution in [0.3, 0.4) is 0 Å². The highest BCUT2D eigenvalue weighted by Gasteiger charge is 2.14. The van der Waals surface area contributed by atoms with Gasteiger partial charge in [-0.05, 0) is 43.4 Å². The summed E-state index contributed by atoms with van der Waals surface area (Å²) in [7, 11) is 1.38. The Morgan fingerprint density at radius 1 is 1.23 bits per heavy atom. The number of benzene rings is 1. The second-order valence-corrected chi connectivity index (χ2v) is 6.53. The van der Waals surface area contributed by atoms with Crippen LogP contribution < -0.4 is 5.73 Å². The number of primary amides is 1. The third-order valence-corrected chi connectivity index (χ3v) is 4.36. The number of nitrogens with two attached hydrogens (primary N) is 1. The van der Waals surface area contributed by atoms with E-state index in [9.17, 15) is 9.59 Å². The molecule has 2 atom stereocenters. The highest BCUT2D eigenvalue weighted by atomic mass is 16.5. The van der Waals surface area contributed by atoms with Crippen molar-refractivity contribution in [1.82, 2.24) is 0 Å². The SMILES string of the molecule is COC(=O)CCC#Cc1ccc(CO[C@H](C)[C@@H](C)CCC(N)=O)cc1C. The van der Waals surface area contributed by atoms with E-state index in [4.69, 9.17) is 10.5 Å². The van der Waals surface area contributed by atoms with Crippen molar-refractivity contribution >= 4 is 11.9 Å². The van der Waals surface area contributed by atoms with Gasteiger partial charge in [-0.2, -0.15) is 0 Å². The smallest absolute Gasteiger partial charge is 0.306 e. The Kier molecular flexibility index (Phi) is 9.46. The molecule has 1 rings (SSSR count). The quantitative estimate of drug-likeness (QED) is 0.543. The molecule has 0 aliphatic rings. The summed E-state index contributed by atoms with van der Waals surface area (Å²) in [6.45, 7) is 6.59. The molecular weight excluding hydrogens is 330 g/mol. The second kappa shape index (κ2) is 11.3. The number of rotatable bonds is 9. The number of ether oxygens (including phenoxy) is 2. The largest absolute Gasteiger partial charge is 0.469 e. The van der Waals surface area contributed by atoms with Crippen molar-refractivity contribution in [3.05, 3.63) is 34.9 Å². The van der Waals surface area contributed by atoms with Crippen LogP contribution >= 0.6 is 0 Å². The third kappa shape index (κ3) is 8.17. The number of methoxy groups -OCH3 is 1. The van der Waals surface area contributed by atoms with Crippen molar-refractivity contribution in [3.8, 4) is 11.8 Å². The maximum atomic E-state index is 11.1. The van der Waals surface area contributed by atoms with Crippen LogP contribution in [0.1, 0.15) is 56.2 Å². The maximum Gasteiger partial charge on any atom is 0.306 e. The molecule has 0 aliphatic heterocycles. The lowest BCUT2D eigenvalue weighted by molar-refractivity contribution is -0.140. The van der Waals surface area contributed by atoms with Gasteiger partial charge in [0.15, 0.2) is 0 Å². The fourth-order valence-corrected chi connectivity index (χ4v) is 2.38. The van der Waals surface area contributed by atoms with E-state index in [2.05, 4.69) is 29.6 Å². The molecule has 0 aliphatic carbocycles. The average Bonchev–Trinajstić information content (AvgIpc) is 2.62. The fraction of sp³-hybridized carbons (Fsp3) is 0.524. The first kappa shape index (κ1) is 21.7. The van der Waals surface area contributed by atoms with Crippen LogP contribution in [0.25, 0.3) is 0 Å². The zero-order valence-corrected chi connectivity index (χ0v) is 16.1. The Balaban J connectivity index is 2.52. The molecule has 0 aromatic heterocycles. The molecule has 0 fully saturated rings. The molecule has 26 heavy (non-hydrogen) atoms. The molecular formula is C21H29NO4. The number of carbonyl (C=O) groups is 2. The summed E-state index contributed by atoms with van der Waals surface area (Å²) >= 11 is 0. The minimum Gasteiger partial charge on any atom is -0.469 e. The van der Waals surface area contributed by atoms with Crippen LogP contribution in [0.2, 0.25) is 0 Å². The Morgan fingerprint density at radius 2 is 1.96 bits per heavy atom. The third-order valence-electron chi connectivity index (χ3n) is 4.36. The summed E-state index contributed by atoms with van der Waals surface area (Å²) in [5, 5.41) is 0. The molecule has 2 N–H and O–H groups in total. The van der Waals surface area contributed by atoms with Gasteiger partial charge in [-0.1, -0.05) is 30.9 Å². The molecule has 5 heteroatoms. The van der Waals surface area contributed by atoms with Gasteiger partial charge in [-0.25, -0.2) is 0 Å². The number of hydrogen-bond acceptors (Lipinski definition) is 4. The van der Waals surface area contributed by atoms with Crippen LogP contribution in [0.5, 0.6) is 0 Å². The lowest BCUT2D eigenvalue weighted by Gasteiger charge is -2.20. The summed E-state index contributed by atoms with van der Waals surface area (Å²) < 4.78 is 10.5. The standard InChI is InChI=1S/C21H29NO4/c1-15(9-12-20(22)23)17(3)26-14-18-10-11-19(16(2)13-18)7-5-6-8-21(24)25-4/h10-11,13,15,17H,6,8-9,12,14H2,1-4H3,(H2,22,23)/t15-,17+/m0/s1. The van der Waals surface area contributed by atoms with Gasteiger partial charge in [-0.3, -0.25) is 9.59 Å². The van der Waals surface area contributed by atoms with Crippen molar-refractivity contribution in [1.29, 1.82) is 0 Å². The van der Waals surface area contributed by atoms with E-state index >= 15 is 0 Å². The minimum atomic E-state index is -0.275. The molecule has 5 nitrogen and oxygen atoms in total. The zero-order valence-electron chi connectivity index (χ0n) is 16.1. The zero-order chi connectivity index (χ0) is 19.5. The van der Waals surface area contributed by atoms with Crippen molar-refractivity contribution in [3.63, 3.8) is 0 Å². The van der Waals surface area contributed by atoms with Crippen LogP contribution in [-0.4, -0.2) is 25.1 Å². The van der Waals surface area contributed by atoms with Gasteiger partial charge in [0.25, 0.3) is 0 Å². The molecule has 0 radical (unpaired) electrons. The van der Waals surface area contributed by atoms with Gasteiger partial charge in [0.2, 0.25) is 5.91 Å². The Labute approximate surface area is 156 Å². The lowest BCUT2D eigenvalue weighted by Crippen LogP contribution is -2.20. The molecule has 0 saturated heterocycles. The molecule has 142 valence electrons. The molecule has 0 spiro atoms. The number of aryl methyl sites for hydroxylation is 1. The number of esters is 1. The number of amides is 1. The van der Waals surface area contributed by atoms with Gasteiger partial charge >= 0.3 is 5.97 Å². The van der Waals surface area contributed by atoms with Gasteiger partial charge < -0.3 is 15.2 Å². The summed E-state index contributed by atoms with van der Waals surface area (Å²) in [6, 6.07) is 6.03. The number of carbonyl (C=O) groups excluding carboxylic acids is 2. The molecule has 1 aromatic rings. The monoisotopic (exact) mass is 359 g/mol. The first-order chi connectivity index (χ1) is 12.3. The lowest BCUT2D eigenvalue weighted by atomic mass is 10.00. The predicted octanol–water partition coefficient (Wildman–Crippen LogP) is 3.11. The Hall–Kier alpha value is -2.32. The van der Waals surface area contributed by atoms with Gasteiger partial charge in [0.1, 0.15) is 0 Å². The van der Waals surface area contributed by atoms with Crippen molar-refractivity contribution in [2.45, 2.75) is 59.2 Å². The van der Waals surface area contributed by atoms with Crippen molar-refractivity contribution in [2.24, 2.45) is 11.7 Å². The highest BCUT2D eigenvalue weighted by molar-refractivity contribution is 5.73. The van der Waals surface area contributed by atoms with Crippen molar-refractivity contribution < 1.29 is 19.1 Å². The normalized spacial score (nSPS) is 12.6. The van der Waals surface area contributed by atoms with Gasteiger partial charge in [-0.15, -0.1) is 0 Å². The Morgan fingerprint density at radius 3 is 2.58 bits per heavy atom. The van der Waals surface area contributed by atoms with E-state index in [0.717, 1.165) is 23.1 Å². The summed E-state index contributed by atoms with van der Waals surface area (Å²) in [6.07, 6.45) is 1.96. The summed E-state index contributed by atoms with van der Waals surface area (Å²) in [5.41, 5.74) is 8.29. The molecule has 0 saturated carbocycles. The van der Waals surface area contributed by atoms with E-state index in [1.807, 2.05) is 26.0 Å². The molecule has 1 amide bonds. The van der Waals surface area contributed by atoms with E-state index < -0.39 is 0 Å². The van der Waals surface area contributed by atoms with E-state index in [1.165, 1.54) is 7.11 Å². The van der Waals surface area contributed by atoms with Crippen LogP contribution in [0.15, 0.2) is 18.2 Å². The number of hydrogen-bond donors (Lipinski definition) is 1. The van der Waals surface area contributed by atoms with E-state index in [0.29, 0.717) is 25.9 Å². The molecule has 1 aromatic carbocycles. The first-order valence-corrected chi connectivity index (χ1v) is 8.88. The maximum absolute atomic E-state index is 11.1. The summed E-state index contributed by atoms with van der Waals surface area (Å²) in [4.78, 5) is 21.9. The minimum absolute atomic E-state index is 0.0486. The molecule has 0 heterocycles. The van der Waals surface area contributed by atoms with Crippen LogP contribution in [0, 0.1) is 24.7 Å². The topological polar surface area (TPSA) is 78.6 Å². The Bertz CT molecular complexity index is 672. The highest BCUT2D eigenvalue weighted by Crippen LogP contribution is 2.17. The molecule has 0 unspecified atom stereocenters. The van der Waals surface area contributed by atoms with Gasteiger partial charge in [0.05, 0.1) is 26.2 Å². The van der Waals surface area contributed by atoms with Crippen molar-refractivity contribution in [2.75, 3.05) is 7.11 Å². The summed E-state index contributed by atoms with van der Waals surface area (Å²) in [5.74, 6) is 5.83. The first-order valence-electron chi connectivity index (χ1n) is 8.88. The average molecular weight is 359 g/mol. The van der Waals surface area contributed by atoms with Crippen LogP contribution in [-0.2, 0) is 25.7 Å².